The van der Waals surface area contributed by atoms with E-state index in [0.717, 1.165) is 17.1 Å². The van der Waals surface area contributed by atoms with Crippen LogP contribution in [0.2, 0.25) is 5.02 Å². The summed E-state index contributed by atoms with van der Waals surface area (Å²) < 4.78 is 5.82. The van der Waals surface area contributed by atoms with E-state index in [-0.39, 0.29) is 0 Å². The van der Waals surface area contributed by atoms with E-state index < -0.39 is 0 Å². The van der Waals surface area contributed by atoms with Gasteiger partial charge in [0.1, 0.15) is 11.5 Å². The summed E-state index contributed by atoms with van der Waals surface area (Å²) in [6.45, 7) is 2.05. The highest BCUT2D eigenvalue weighted by Crippen LogP contribution is 2.32. The van der Waals surface area contributed by atoms with Crippen molar-refractivity contribution in [1.82, 2.24) is 0 Å². The van der Waals surface area contributed by atoms with E-state index in [1.54, 1.807) is 0 Å². The van der Waals surface area contributed by atoms with Crippen LogP contribution < -0.4 is 4.74 Å². The van der Waals surface area contributed by atoms with Gasteiger partial charge in [-0.1, -0.05) is 51.3 Å². The number of benzene rings is 2. The molecule has 88 valence electrons. The molecule has 0 saturated heterocycles. The van der Waals surface area contributed by atoms with Crippen LogP contribution in [0.1, 0.15) is 11.1 Å². The van der Waals surface area contributed by atoms with Gasteiger partial charge in [-0.15, -0.1) is 0 Å². The Kier molecular flexibility index (Phi) is 4.08. The Balaban J connectivity index is 2.29. The van der Waals surface area contributed by atoms with E-state index >= 15 is 0 Å². The van der Waals surface area contributed by atoms with Crippen molar-refractivity contribution in [2.75, 3.05) is 0 Å². The lowest BCUT2D eigenvalue weighted by atomic mass is 10.2. The molecule has 0 saturated carbocycles. The Labute approximate surface area is 115 Å². The maximum atomic E-state index is 6.11. The van der Waals surface area contributed by atoms with E-state index in [4.69, 9.17) is 16.3 Å². The smallest absolute Gasteiger partial charge is 0.132 e. The highest BCUT2D eigenvalue weighted by atomic mass is 79.9. The van der Waals surface area contributed by atoms with Gasteiger partial charge >= 0.3 is 0 Å². The minimum Gasteiger partial charge on any atom is -0.457 e. The van der Waals surface area contributed by atoms with E-state index in [1.165, 1.54) is 5.56 Å². The predicted octanol–water partition coefficient (Wildman–Crippen LogP) is 5.34. The molecule has 3 heteroatoms. The van der Waals surface area contributed by atoms with Crippen molar-refractivity contribution in [2.24, 2.45) is 0 Å². The zero-order valence-corrected chi connectivity index (χ0v) is 11.8. The van der Waals surface area contributed by atoms with Gasteiger partial charge in [-0.25, -0.2) is 0 Å². The van der Waals surface area contributed by atoms with Gasteiger partial charge in [-0.3, -0.25) is 0 Å². The topological polar surface area (TPSA) is 9.23 Å². The van der Waals surface area contributed by atoms with E-state index in [9.17, 15) is 0 Å². The minimum atomic E-state index is 0.674. The van der Waals surface area contributed by atoms with Gasteiger partial charge in [0, 0.05) is 15.9 Å². The second-order valence-corrected chi connectivity index (χ2v) is 4.73. The molecule has 0 radical (unpaired) electrons. The molecule has 0 aromatic heterocycles. The molecule has 0 bridgehead atoms. The number of alkyl halides is 1. The number of hydrogen-bond acceptors (Lipinski definition) is 1. The van der Waals surface area contributed by atoms with Crippen molar-refractivity contribution in [3.05, 3.63) is 58.6 Å². The maximum Gasteiger partial charge on any atom is 0.132 e. The van der Waals surface area contributed by atoms with Gasteiger partial charge in [-0.2, -0.15) is 0 Å². The molecule has 0 fully saturated rings. The molecule has 0 atom stereocenters. The van der Waals surface area contributed by atoms with Crippen molar-refractivity contribution < 1.29 is 4.74 Å². The van der Waals surface area contributed by atoms with E-state index in [0.29, 0.717) is 10.4 Å². The van der Waals surface area contributed by atoms with Crippen LogP contribution in [-0.2, 0) is 5.33 Å². The molecule has 0 amide bonds. The van der Waals surface area contributed by atoms with Crippen LogP contribution in [0.15, 0.2) is 42.5 Å². The average molecular weight is 312 g/mol. The second kappa shape index (κ2) is 5.56. The third-order valence-corrected chi connectivity index (χ3v) is 3.37. The molecule has 0 aliphatic rings. The second-order valence-electron chi connectivity index (χ2n) is 3.77. The molecule has 2 aromatic rings. The van der Waals surface area contributed by atoms with Crippen molar-refractivity contribution >= 4 is 27.5 Å². The zero-order valence-electron chi connectivity index (χ0n) is 9.41. The van der Waals surface area contributed by atoms with Crippen LogP contribution in [0, 0.1) is 6.92 Å². The molecule has 0 heterocycles. The summed E-state index contributed by atoms with van der Waals surface area (Å²) in [4.78, 5) is 0. The van der Waals surface area contributed by atoms with Crippen molar-refractivity contribution in [3.8, 4) is 11.5 Å². The highest BCUT2D eigenvalue weighted by molar-refractivity contribution is 9.08. The quantitative estimate of drug-likeness (QED) is 0.696. The van der Waals surface area contributed by atoms with E-state index in [1.807, 2.05) is 49.4 Å². The van der Waals surface area contributed by atoms with Crippen molar-refractivity contribution in [3.63, 3.8) is 0 Å². The first-order valence-corrected chi connectivity index (χ1v) is 6.78. The third kappa shape index (κ3) is 3.02. The first-order chi connectivity index (χ1) is 8.20. The molecule has 2 aromatic carbocycles. The third-order valence-electron chi connectivity index (χ3n) is 2.46. The van der Waals surface area contributed by atoms with Gasteiger partial charge in [0.05, 0.1) is 0 Å². The van der Waals surface area contributed by atoms with Crippen LogP contribution >= 0.6 is 27.5 Å². The maximum absolute atomic E-state index is 6.11. The Morgan fingerprint density at radius 2 is 1.82 bits per heavy atom. The zero-order chi connectivity index (χ0) is 12.3. The first kappa shape index (κ1) is 12.5. The summed E-state index contributed by atoms with van der Waals surface area (Å²) in [7, 11) is 0. The standard InChI is InChI=1S/C14H12BrClO/c1-10-5-7-11(8-6-10)17-14-4-2-3-13(16)12(14)9-15/h2-8H,9H2,1H3. The fraction of sp³-hybridized carbons (Fsp3) is 0.143. The molecule has 0 aliphatic heterocycles. The number of rotatable bonds is 3. The summed E-state index contributed by atoms with van der Waals surface area (Å²) in [6, 6.07) is 13.6. The molecular weight excluding hydrogens is 300 g/mol. The molecule has 0 N–H and O–H groups in total. The summed E-state index contributed by atoms with van der Waals surface area (Å²) >= 11 is 9.53. The minimum absolute atomic E-state index is 0.674. The number of ether oxygens (including phenoxy) is 1. The molecular formula is C14H12BrClO. The first-order valence-electron chi connectivity index (χ1n) is 5.28. The number of aryl methyl sites for hydroxylation is 1. The average Bonchev–Trinajstić information content (AvgIpc) is 2.32. The summed E-state index contributed by atoms with van der Waals surface area (Å²) in [5.41, 5.74) is 2.18. The summed E-state index contributed by atoms with van der Waals surface area (Å²) in [5, 5.41) is 1.39. The molecule has 2 rings (SSSR count). The van der Waals surface area contributed by atoms with Gasteiger partial charge in [0.2, 0.25) is 0 Å². The van der Waals surface area contributed by atoms with Crippen LogP contribution in [0.25, 0.3) is 0 Å². The fourth-order valence-electron chi connectivity index (χ4n) is 1.50. The largest absolute Gasteiger partial charge is 0.457 e. The molecule has 17 heavy (non-hydrogen) atoms. The Morgan fingerprint density at radius 1 is 1.12 bits per heavy atom. The van der Waals surface area contributed by atoms with Gasteiger partial charge in [0.25, 0.3) is 0 Å². The Hall–Kier alpha value is -0.990. The summed E-state index contributed by atoms with van der Waals surface area (Å²) in [6.07, 6.45) is 0. The number of hydrogen-bond donors (Lipinski definition) is 0. The fourth-order valence-corrected chi connectivity index (χ4v) is 2.47. The lowest BCUT2D eigenvalue weighted by Gasteiger charge is -2.10. The Bertz CT molecular complexity index is 508. The SMILES string of the molecule is Cc1ccc(Oc2cccc(Cl)c2CBr)cc1. The lowest BCUT2D eigenvalue weighted by Crippen LogP contribution is -1.90. The predicted molar refractivity (Wildman–Crippen MR) is 75.3 cm³/mol. The van der Waals surface area contributed by atoms with Gasteiger partial charge < -0.3 is 4.74 Å². The normalized spacial score (nSPS) is 10.3. The van der Waals surface area contributed by atoms with E-state index in [2.05, 4.69) is 15.9 Å². The lowest BCUT2D eigenvalue weighted by molar-refractivity contribution is 0.478. The van der Waals surface area contributed by atoms with Crippen molar-refractivity contribution in [1.29, 1.82) is 0 Å². The molecule has 0 unspecified atom stereocenters. The van der Waals surface area contributed by atoms with Crippen LogP contribution in [0.3, 0.4) is 0 Å². The van der Waals surface area contributed by atoms with Crippen LogP contribution in [0.4, 0.5) is 0 Å². The monoisotopic (exact) mass is 310 g/mol. The highest BCUT2D eigenvalue weighted by Gasteiger charge is 2.07. The molecule has 0 aliphatic carbocycles. The molecule has 1 nitrogen and oxygen atoms in total. The Morgan fingerprint density at radius 3 is 2.47 bits per heavy atom. The van der Waals surface area contributed by atoms with Crippen LogP contribution in [0.5, 0.6) is 11.5 Å². The van der Waals surface area contributed by atoms with Gasteiger partial charge in [-0.05, 0) is 31.2 Å². The molecule has 0 spiro atoms. The van der Waals surface area contributed by atoms with Gasteiger partial charge in [0.15, 0.2) is 0 Å². The van der Waals surface area contributed by atoms with Crippen molar-refractivity contribution in [2.45, 2.75) is 12.3 Å². The van der Waals surface area contributed by atoms with Crippen LogP contribution in [-0.4, -0.2) is 0 Å². The number of halogens is 2. The summed E-state index contributed by atoms with van der Waals surface area (Å²) in [5.74, 6) is 1.61.